The highest BCUT2D eigenvalue weighted by molar-refractivity contribution is 6.33. The van der Waals surface area contributed by atoms with Gasteiger partial charge in [0.1, 0.15) is 5.02 Å². The molecule has 7 nitrogen and oxygen atoms in total. The largest absolute Gasteiger partial charge is 0.366 e. The number of benzene rings is 1. The molecule has 4 rings (SSSR count). The van der Waals surface area contributed by atoms with Crippen LogP contribution in [0.25, 0.3) is 5.69 Å². The van der Waals surface area contributed by atoms with E-state index in [9.17, 15) is 9.59 Å². The van der Waals surface area contributed by atoms with E-state index in [1.165, 1.54) is 17.5 Å². The molecular formula is C22H28ClN5O2. The molecule has 1 amide bonds. The molecule has 0 spiro atoms. The molecule has 160 valence electrons. The van der Waals surface area contributed by atoms with Crippen LogP contribution in [0.3, 0.4) is 0 Å². The van der Waals surface area contributed by atoms with Crippen molar-refractivity contribution in [1.82, 2.24) is 20.0 Å². The lowest BCUT2D eigenvalue weighted by atomic mass is 10.2. The molecule has 0 bridgehead atoms. The fourth-order valence-electron chi connectivity index (χ4n) is 4.31. The van der Waals surface area contributed by atoms with E-state index in [1.807, 2.05) is 37.3 Å². The summed E-state index contributed by atoms with van der Waals surface area (Å²) in [6, 6.07) is 9.42. The van der Waals surface area contributed by atoms with Crippen LogP contribution in [0.2, 0.25) is 5.02 Å². The number of hydrogen-bond acceptors (Lipinski definition) is 5. The molecule has 1 aromatic carbocycles. The number of nitrogens with zero attached hydrogens (tertiary/aromatic N) is 4. The van der Waals surface area contributed by atoms with E-state index in [0.29, 0.717) is 30.5 Å². The Morgan fingerprint density at radius 1 is 1.13 bits per heavy atom. The third-order valence-corrected chi connectivity index (χ3v) is 6.54. The van der Waals surface area contributed by atoms with Crippen molar-refractivity contribution in [1.29, 1.82) is 0 Å². The van der Waals surface area contributed by atoms with Crippen molar-refractivity contribution in [3.63, 3.8) is 0 Å². The third-order valence-electron chi connectivity index (χ3n) is 6.18. The number of hydrogen-bond donors (Lipinski definition) is 1. The van der Waals surface area contributed by atoms with E-state index in [2.05, 4.69) is 20.2 Å². The Labute approximate surface area is 181 Å². The summed E-state index contributed by atoms with van der Waals surface area (Å²) in [7, 11) is 0. The number of anilines is 1. The predicted molar refractivity (Wildman–Crippen MR) is 118 cm³/mol. The molecule has 2 aliphatic rings. The minimum absolute atomic E-state index is 0.112. The van der Waals surface area contributed by atoms with Crippen molar-refractivity contribution >= 4 is 23.2 Å². The summed E-state index contributed by atoms with van der Waals surface area (Å²) in [4.78, 5) is 29.6. The van der Waals surface area contributed by atoms with E-state index < -0.39 is 0 Å². The van der Waals surface area contributed by atoms with Gasteiger partial charge in [0.15, 0.2) is 0 Å². The van der Waals surface area contributed by atoms with E-state index >= 15 is 0 Å². The summed E-state index contributed by atoms with van der Waals surface area (Å²) < 4.78 is 1.32. The number of carbonyl (C=O) groups is 1. The Morgan fingerprint density at radius 2 is 1.80 bits per heavy atom. The van der Waals surface area contributed by atoms with Crippen molar-refractivity contribution in [2.45, 2.75) is 44.7 Å². The van der Waals surface area contributed by atoms with Gasteiger partial charge in [0.2, 0.25) is 5.91 Å². The molecule has 1 atom stereocenters. The summed E-state index contributed by atoms with van der Waals surface area (Å²) >= 11 is 6.43. The van der Waals surface area contributed by atoms with Gasteiger partial charge in [-0.25, -0.2) is 0 Å². The summed E-state index contributed by atoms with van der Waals surface area (Å²) in [5.41, 5.74) is 1.01. The summed E-state index contributed by atoms with van der Waals surface area (Å²) in [5, 5.41) is 7.69. The van der Waals surface area contributed by atoms with Gasteiger partial charge in [-0.15, -0.1) is 0 Å². The smallest absolute Gasteiger partial charge is 0.292 e. The molecule has 1 aliphatic heterocycles. The molecule has 2 aromatic rings. The second-order valence-corrected chi connectivity index (χ2v) is 8.46. The number of halogens is 1. The van der Waals surface area contributed by atoms with Gasteiger partial charge in [0.05, 0.1) is 23.6 Å². The normalized spacial score (nSPS) is 19.1. The Kier molecular flexibility index (Phi) is 6.39. The standard InChI is InChI=1S/C22H28ClN5O2/c1-16(21(29)25-17-7-5-6-8-17)26-11-13-27(14-12-26)19-15-24-28(22(30)20(19)23)18-9-3-2-4-10-18/h2-4,9-10,15-17H,5-8,11-14H2,1H3,(H,25,29). The Bertz CT molecular complexity index is 934. The topological polar surface area (TPSA) is 70.5 Å². The highest BCUT2D eigenvalue weighted by Crippen LogP contribution is 2.24. The number of piperazine rings is 1. The van der Waals surface area contributed by atoms with Crippen LogP contribution in [-0.2, 0) is 4.79 Å². The molecule has 8 heteroatoms. The van der Waals surface area contributed by atoms with Crippen molar-refractivity contribution in [2.24, 2.45) is 0 Å². The number of aromatic nitrogens is 2. The molecule has 0 radical (unpaired) electrons. The lowest BCUT2D eigenvalue weighted by Crippen LogP contribution is -2.55. The molecule has 2 fully saturated rings. The van der Waals surface area contributed by atoms with Gasteiger partial charge in [-0.2, -0.15) is 9.78 Å². The number of para-hydroxylation sites is 1. The van der Waals surface area contributed by atoms with Crippen LogP contribution >= 0.6 is 11.6 Å². The zero-order chi connectivity index (χ0) is 21.1. The zero-order valence-corrected chi connectivity index (χ0v) is 18.0. The second-order valence-electron chi connectivity index (χ2n) is 8.09. The van der Waals surface area contributed by atoms with Crippen molar-refractivity contribution in [3.05, 3.63) is 51.9 Å². The van der Waals surface area contributed by atoms with Crippen LogP contribution in [0.5, 0.6) is 0 Å². The third kappa shape index (κ3) is 4.37. The van der Waals surface area contributed by atoms with Crippen LogP contribution in [0.4, 0.5) is 5.69 Å². The molecule has 1 saturated heterocycles. The minimum Gasteiger partial charge on any atom is -0.366 e. The Morgan fingerprint density at radius 3 is 2.47 bits per heavy atom. The van der Waals surface area contributed by atoms with Gasteiger partial charge < -0.3 is 10.2 Å². The van der Waals surface area contributed by atoms with Crippen molar-refractivity contribution in [3.8, 4) is 5.69 Å². The lowest BCUT2D eigenvalue weighted by molar-refractivity contribution is -0.126. The first-order valence-corrected chi connectivity index (χ1v) is 11.0. The molecule has 1 unspecified atom stereocenters. The van der Waals surface area contributed by atoms with E-state index in [-0.39, 0.29) is 22.5 Å². The van der Waals surface area contributed by atoms with Crippen molar-refractivity contribution < 1.29 is 4.79 Å². The maximum Gasteiger partial charge on any atom is 0.292 e. The van der Waals surface area contributed by atoms with Gasteiger partial charge in [-0.05, 0) is 31.9 Å². The first-order valence-electron chi connectivity index (χ1n) is 10.7. The van der Waals surface area contributed by atoms with Crippen molar-refractivity contribution in [2.75, 3.05) is 31.1 Å². The predicted octanol–water partition coefficient (Wildman–Crippen LogP) is 2.46. The maximum atomic E-state index is 12.7. The maximum absolute atomic E-state index is 12.7. The van der Waals surface area contributed by atoms with Gasteiger partial charge >= 0.3 is 0 Å². The first-order chi connectivity index (χ1) is 14.5. The number of amides is 1. The fraction of sp³-hybridized carbons (Fsp3) is 0.500. The highest BCUT2D eigenvalue weighted by Gasteiger charge is 2.28. The van der Waals surface area contributed by atoms with Gasteiger partial charge in [0.25, 0.3) is 5.56 Å². The average Bonchev–Trinajstić information content (AvgIpc) is 3.29. The second kappa shape index (κ2) is 9.18. The first kappa shape index (κ1) is 20.9. The van der Waals surface area contributed by atoms with Crippen LogP contribution in [-0.4, -0.2) is 58.9 Å². The van der Waals surface area contributed by atoms with Crippen LogP contribution < -0.4 is 15.8 Å². The SMILES string of the molecule is CC(C(=O)NC1CCCC1)N1CCN(c2cnn(-c3ccccc3)c(=O)c2Cl)CC1. The van der Waals surface area contributed by atoms with E-state index in [1.54, 1.807) is 6.20 Å². The molecule has 30 heavy (non-hydrogen) atoms. The molecule has 1 saturated carbocycles. The summed E-state index contributed by atoms with van der Waals surface area (Å²) in [6.07, 6.45) is 6.24. The number of carbonyl (C=O) groups excluding carboxylic acids is 1. The minimum atomic E-state index is -0.327. The monoisotopic (exact) mass is 429 g/mol. The fourth-order valence-corrected chi connectivity index (χ4v) is 4.55. The summed E-state index contributed by atoms with van der Waals surface area (Å²) in [6.45, 7) is 4.82. The van der Waals surface area contributed by atoms with Gasteiger partial charge in [0, 0.05) is 32.2 Å². The van der Waals surface area contributed by atoms with Crippen LogP contribution in [0.15, 0.2) is 41.3 Å². The zero-order valence-electron chi connectivity index (χ0n) is 17.3. The van der Waals surface area contributed by atoms with E-state index in [4.69, 9.17) is 11.6 Å². The number of rotatable bonds is 5. The lowest BCUT2D eigenvalue weighted by Gasteiger charge is -2.38. The quantitative estimate of drug-likeness (QED) is 0.790. The van der Waals surface area contributed by atoms with Crippen LogP contribution in [0, 0.1) is 0 Å². The van der Waals surface area contributed by atoms with Crippen LogP contribution in [0.1, 0.15) is 32.6 Å². The molecule has 1 aromatic heterocycles. The molecular weight excluding hydrogens is 402 g/mol. The Balaban J connectivity index is 1.40. The highest BCUT2D eigenvalue weighted by atomic mass is 35.5. The average molecular weight is 430 g/mol. The van der Waals surface area contributed by atoms with Gasteiger partial charge in [-0.3, -0.25) is 14.5 Å². The molecule has 1 aliphatic carbocycles. The molecule has 1 N–H and O–H groups in total. The van der Waals surface area contributed by atoms with E-state index in [0.717, 1.165) is 25.9 Å². The van der Waals surface area contributed by atoms with Gasteiger partial charge in [-0.1, -0.05) is 42.6 Å². The Hall–Kier alpha value is -2.38. The number of nitrogens with one attached hydrogen (secondary N) is 1. The molecule has 2 heterocycles. The summed E-state index contributed by atoms with van der Waals surface area (Å²) in [5.74, 6) is 0.112.